The summed E-state index contributed by atoms with van der Waals surface area (Å²) >= 11 is 0. The standard InChI is InChI=1S/C13H14N4O2/c1-9-6-13(15-8-12(9)17(18)19)16-10(2)11-4-3-5-14-7-11/h3-8,10H,1-2H3,(H,15,16). The molecule has 0 aliphatic rings. The van der Waals surface area contributed by atoms with E-state index in [1.165, 1.54) is 6.20 Å². The lowest BCUT2D eigenvalue weighted by Gasteiger charge is -2.14. The summed E-state index contributed by atoms with van der Waals surface area (Å²) in [5.74, 6) is 0.611. The number of pyridine rings is 2. The van der Waals surface area contributed by atoms with Gasteiger partial charge in [0.1, 0.15) is 12.0 Å². The van der Waals surface area contributed by atoms with Gasteiger partial charge < -0.3 is 5.32 Å². The van der Waals surface area contributed by atoms with Gasteiger partial charge >= 0.3 is 0 Å². The predicted octanol–water partition coefficient (Wildman–Crippen LogP) is 2.87. The van der Waals surface area contributed by atoms with Crippen molar-refractivity contribution in [2.75, 3.05) is 5.32 Å². The van der Waals surface area contributed by atoms with Crippen LogP contribution in [-0.2, 0) is 0 Å². The minimum atomic E-state index is -0.434. The molecular weight excluding hydrogens is 244 g/mol. The average molecular weight is 258 g/mol. The van der Waals surface area contributed by atoms with Gasteiger partial charge in [-0.05, 0) is 31.5 Å². The Hall–Kier alpha value is -2.50. The number of rotatable bonds is 4. The smallest absolute Gasteiger partial charge is 0.290 e. The molecule has 98 valence electrons. The number of nitro groups is 1. The molecule has 2 aromatic heterocycles. The zero-order valence-electron chi connectivity index (χ0n) is 10.7. The maximum absolute atomic E-state index is 10.7. The van der Waals surface area contributed by atoms with Gasteiger partial charge in [-0.3, -0.25) is 15.1 Å². The molecule has 0 fully saturated rings. The molecule has 6 heteroatoms. The molecule has 0 spiro atoms. The van der Waals surface area contributed by atoms with Crippen molar-refractivity contribution < 1.29 is 4.92 Å². The molecule has 19 heavy (non-hydrogen) atoms. The van der Waals surface area contributed by atoms with Gasteiger partial charge in [0, 0.05) is 18.0 Å². The van der Waals surface area contributed by atoms with Crippen molar-refractivity contribution in [1.29, 1.82) is 0 Å². The van der Waals surface area contributed by atoms with E-state index in [-0.39, 0.29) is 11.7 Å². The first-order valence-corrected chi connectivity index (χ1v) is 5.85. The molecule has 0 saturated carbocycles. The molecule has 0 bridgehead atoms. The molecule has 0 aromatic carbocycles. The summed E-state index contributed by atoms with van der Waals surface area (Å²) in [6, 6.07) is 5.53. The Morgan fingerprint density at radius 1 is 1.42 bits per heavy atom. The van der Waals surface area contributed by atoms with Crippen molar-refractivity contribution in [3.05, 3.63) is 58.0 Å². The largest absolute Gasteiger partial charge is 0.363 e. The third kappa shape index (κ3) is 3.04. The fourth-order valence-electron chi connectivity index (χ4n) is 1.76. The molecular formula is C13H14N4O2. The normalized spacial score (nSPS) is 11.9. The van der Waals surface area contributed by atoms with Crippen LogP contribution in [0.1, 0.15) is 24.1 Å². The SMILES string of the molecule is Cc1cc(NC(C)c2cccnc2)ncc1[N+](=O)[O-]. The van der Waals surface area contributed by atoms with Crippen LogP contribution in [-0.4, -0.2) is 14.9 Å². The quantitative estimate of drug-likeness (QED) is 0.673. The number of aromatic nitrogens is 2. The summed E-state index contributed by atoms with van der Waals surface area (Å²) in [4.78, 5) is 18.4. The highest BCUT2D eigenvalue weighted by molar-refractivity contribution is 5.47. The van der Waals surface area contributed by atoms with Crippen LogP contribution < -0.4 is 5.32 Å². The second kappa shape index (κ2) is 5.43. The molecule has 2 heterocycles. The lowest BCUT2D eigenvalue weighted by molar-refractivity contribution is -0.385. The lowest BCUT2D eigenvalue weighted by atomic mass is 10.1. The van der Waals surface area contributed by atoms with Crippen LogP contribution in [0.25, 0.3) is 0 Å². The summed E-state index contributed by atoms with van der Waals surface area (Å²) in [6.07, 6.45) is 4.76. The van der Waals surface area contributed by atoms with Crippen LogP contribution in [0.2, 0.25) is 0 Å². The number of nitrogens with one attached hydrogen (secondary N) is 1. The van der Waals surface area contributed by atoms with E-state index in [9.17, 15) is 10.1 Å². The molecule has 0 amide bonds. The monoisotopic (exact) mass is 258 g/mol. The Bertz CT molecular complexity index is 586. The van der Waals surface area contributed by atoms with Crippen molar-refractivity contribution in [3.63, 3.8) is 0 Å². The summed E-state index contributed by atoms with van der Waals surface area (Å²) in [7, 11) is 0. The summed E-state index contributed by atoms with van der Waals surface area (Å²) in [5, 5.41) is 13.9. The number of nitrogens with zero attached hydrogens (tertiary/aromatic N) is 3. The van der Waals surface area contributed by atoms with Gasteiger partial charge in [-0.25, -0.2) is 4.98 Å². The molecule has 0 saturated heterocycles. The Balaban J connectivity index is 2.16. The average Bonchev–Trinajstić information content (AvgIpc) is 2.39. The molecule has 1 atom stereocenters. The van der Waals surface area contributed by atoms with E-state index in [0.29, 0.717) is 11.4 Å². The van der Waals surface area contributed by atoms with Gasteiger partial charge in [0.2, 0.25) is 0 Å². The molecule has 1 N–H and O–H groups in total. The Labute approximate surface area is 110 Å². The van der Waals surface area contributed by atoms with Crippen LogP contribution in [0.3, 0.4) is 0 Å². The third-order valence-electron chi connectivity index (χ3n) is 2.83. The third-order valence-corrected chi connectivity index (χ3v) is 2.83. The first kappa shape index (κ1) is 12.9. The number of anilines is 1. The molecule has 0 aliphatic heterocycles. The van der Waals surface area contributed by atoms with Gasteiger partial charge in [-0.2, -0.15) is 0 Å². The van der Waals surface area contributed by atoms with E-state index in [1.807, 2.05) is 19.1 Å². The van der Waals surface area contributed by atoms with Crippen LogP contribution in [0, 0.1) is 17.0 Å². The number of hydrogen-bond acceptors (Lipinski definition) is 5. The topological polar surface area (TPSA) is 81.0 Å². The van der Waals surface area contributed by atoms with E-state index in [1.54, 1.807) is 25.4 Å². The van der Waals surface area contributed by atoms with E-state index >= 15 is 0 Å². The molecule has 0 aliphatic carbocycles. The molecule has 6 nitrogen and oxygen atoms in total. The zero-order chi connectivity index (χ0) is 13.8. The van der Waals surface area contributed by atoms with Crippen LogP contribution in [0.4, 0.5) is 11.5 Å². The zero-order valence-corrected chi connectivity index (χ0v) is 10.7. The van der Waals surface area contributed by atoms with Crippen molar-refractivity contribution in [3.8, 4) is 0 Å². The highest BCUT2D eigenvalue weighted by atomic mass is 16.6. The van der Waals surface area contributed by atoms with Gasteiger partial charge in [-0.1, -0.05) is 6.07 Å². The Morgan fingerprint density at radius 3 is 2.79 bits per heavy atom. The number of hydrogen-bond donors (Lipinski definition) is 1. The van der Waals surface area contributed by atoms with E-state index in [2.05, 4.69) is 15.3 Å². The maximum Gasteiger partial charge on any atom is 0.290 e. The van der Waals surface area contributed by atoms with Crippen LogP contribution in [0.5, 0.6) is 0 Å². The molecule has 0 radical (unpaired) electrons. The van der Waals surface area contributed by atoms with Crippen molar-refractivity contribution in [2.24, 2.45) is 0 Å². The minimum absolute atomic E-state index is 0.0274. The van der Waals surface area contributed by atoms with Crippen molar-refractivity contribution in [2.45, 2.75) is 19.9 Å². The van der Waals surface area contributed by atoms with E-state index in [4.69, 9.17) is 0 Å². The van der Waals surface area contributed by atoms with Gasteiger partial charge in [0.05, 0.1) is 11.0 Å². The highest BCUT2D eigenvalue weighted by Gasteiger charge is 2.12. The fraction of sp³-hybridized carbons (Fsp3) is 0.231. The number of aryl methyl sites for hydroxylation is 1. The molecule has 2 rings (SSSR count). The van der Waals surface area contributed by atoms with Gasteiger partial charge in [-0.15, -0.1) is 0 Å². The van der Waals surface area contributed by atoms with Gasteiger partial charge in [0.15, 0.2) is 0 Å². The summed E-state index contributed by atoms with van der Waals surface area (Å²) in [6.45, 7) is 3.68. The molecule has 2 aromatic rings. The minimum Gasteiger partial charge on any atom is -0.363 e. The summed E-state index contributed by atoms with van der Waals surface area (Å²) in [5.41, 5.74) is 1.64. The van der Waals surface area contributed by atoms with Crippen LogP contribution >= 0.6 is 0 Å². The van der Waals surface area contributed by atoms with Crippen molar-refractivity contribution >= 4 is 11.5 Å². The maximum atomic E-state index is 10.7. The first-order chi connectivity index (χ1) is 9.08. The van der Waals surface area contributed by atoms with Crippen LogP contribution in [0.15, 0.2) is 36.8 Å². The Kier molecular flexibility index (Phi) is 3.70. The predicted molar refractivity (Wildman–Crippen MR) is 71.9 cm³/mol. The fourth-order valence-corrected chi connectivity index (χ4v) is 1.76. The lowest BCUT2D eigenvalue weighted by Crippen LogP contribution is -2.08. The Morgan fingerprint density at radius 2 is 2.21 bits per heavy atom. The second-order valence-corrected chi connectivity index (χ2v) is 4.27. The van der Waals surface area contributed by atoms with Gasteiger partial charge in [0.25, 0.3) is 5.69 Å². The molecule has 1 unspecified atom stereocenters. The van der Waals surface area contributed by atoms with E-state index < -0.39 is 4.92 Å². The first-order valence-electron chi connectivity index (χ1n) is 5.85. The second-order valence-electron chi connectivity index (χ2n) is 4.27. The van der Waals surface area contributed by atoms with Crippen molar-refractivity contribution in [1.82, 2.24) is 9.97 Å². The highest BCUT2D eigenvalue weighted by Crippen LogP contribution is 2.22. The van der Waals surface area contributed by atoms with E-state index in [0.717, 1.165) is 5.56 Å². The summed E-state index contributed by atoms with van der Waals surface area (Å²) < 4.78 is 0.